The van der Waals surface area contributed by atoms with Crippen LogP contribution in [0.4, 0.5) is 4.39 Å². The predicted octanol–water partition coefficient (Wildman–Crippen LogP) is 2.82. The van der Waals surface area contributed by atoms with E-state index in [1.165, 1.54) is 16.8 Å². The number of ether oxygens (including phenoxy) is 1. The third kappa shape index (κ3) is 4.94. The lowest BCUT2D eigenvalue weighted by molar-refractivity contribution is -0.121. The molecular formula is C21H22FN3O3. The Kier molecular flexibility index (Phi) is 6.37. The number of aromatic nitrogens is 2. The van der Waals surface area contributed by atoms with Crippen molar-refractivity contribution in [3.05, 3.63) is 70.4 Å². The van der Waals surface area contributed by atoms with Crippen LogP contribution in [-0.2, 0) is 11.3 Å². The van der Waals surface area contributed by atoms with Crippen LogP contribution in [0.1, 0.15) is 18.5 Å². The topological polar surface area (TPSA) is 73.2 Å². The summed E-state index contributed by atoms with van der Waals surface area (Å²) in [5.74, 6) is 0.0524. The van der Waals surface area contributed by atoms with Crippen molar-refractivity contribution < 1.29 is 13.9 Å². The molecule has 0 spiro atoms. The van der Waals surface area contributed by atoms with Crippen molar-refractivity contribution in [2.45, 2.75) is 26.3 Å². The summed E-state index contributed by atoms with van der Waals surface area (Å²) in [6, 6.07) is 13.1. The number of unbranched alkanes of at least 4 members (excludes halogenated alkanes) is 1. The summed E-state index contributed by atoms with van der Waals surface area (Å²) < 4.78 is 19.5. The molecule has 28 heavy (non-hydrogen) atoms. The molecule has 146 valence electrons. The average molecular weight is 383 g/mol. The first kappa shape index (κ1) is 19.5. The number of hydrogen-bond acceptors (Lipinski definition) is 4. The van der Waals surface area contributed by atoms with E-state index in [1.807, 2.05) is 19.1 Å². The molecule has 1 amide bonds. The maximum Gasteiger partial charge on any atom is 0.275 e. The van der Waals surface area contributed by atoms with Crippen LogP contribution in [0.25, 0.3) is 10.8 Å². The second-order valence-electron chi connectivity index (χ2n) is 6.45. The van der Waals surface area contributed by atoms with Crippen molar-refractivity contribution in [2.24, 2.45) is 0 Å². The molecule has 1 aromatic heterocycles. The fourth-order valence-corrected chi connectivity index (χ4v) is 2.88. The fourth-order valence-electron chi connectivity index (χ4n) is 2.88. The Labute approximate surface area is 161 Å². The average Bonchev–Trinajstić information content (AvgIpc) is 2.70. The summed E-state index contributed by atoms with van der Waals surface area (Å²) in [5, 5.41) is 8.38. The number of carbonyl (C=O) groups excluding carboxylic acids is 1. The Morgan fingerprint density at radius 2 is 1.82 bits per heavy atom. The highest BCUT2D eigenvalue weighted by Gasteiger charge is 2.10. The third-order valence-electron chi connectivity index (χ3n) is 4.32. The summed E-state index contributed by atoms with van der Waals surface area (Å²) in [6.45, 7) is 2.66. The first-order valence-electron chi connectivity index (χ1n) is 9.16. The Hall–Kier alpha value is -3.22. The third-order valence-corrected chi connectivity index (χ3v) is 4.32. The first-order chi connectivity index (χ1) is 13.5. The maximum absolute atomic E-state index is 12.8. The van der Waals surface area contributed by atoms with Gasteiger partial charge in [-0.25, -0.2) is 9.07 Å². The number of fused-ring (bicyclic) bond motifs is 1. The SMILES string of the molecule is Cc1nn(CC(=O)NCCCCOc2ccc(F)cc2)c(=O)c2ccccc12. The number of hydrogen-bond donors (Lipinski definition) is 1. The molecule has 0 radical (unpaired) electrons. The summed E-state index contributed by atoms with van der Waals surface area (Å²) in [5.41, 5.74) is 0.435. The summed E-state index contributed by atoms with van der Waals surface area (Å²) in [7, 11) is 0. The van der Waals surface area contributed by atoms with Gasteiger partial charge in [0.25, 0.3) is 5.56 Å². The van der Waals surface area contributed by atoms with Crippen LogP contribution >= 0.6 is 0 Å². The van der Waals surface area contributed by atoms with Crippen LogP contribution in [0.5, 0.6) is 5.75 Å². The Morgan fingerprint density at radius 1 is 1.11 bits per heavy atom. The van der Waals surface area contributed by atoms with E-state index in [4.69, 9.17) is 4.74 Å². The molecule has 0 unspecified atom stereocenters. The molecule has 0 atom stereocenters. The Morgan fingerprint density at radius 3 is 2.57 bits per heavy atom. The highest BCUT2D eigenvalue weighted by Crippen LogP contribution is 2.12. The van der Waals surface area contributed by atoms with Crippen LogP contribution in [0.2, 0.25) is 0 Å². The van der Waals surface area contributed by atoms with Gasteiger partial charge < -0.3 is 10.1 Å². The van der Waals surface area contributed by atoms with E-state index in [0.29, 0.717) is 30.0 Å². The zero-order valence-electron chi connectivity index (χ0n) is 15.7. The number of amides is 1. The zero-order valence-corrected chi connectivity index (χ0v) is 15.7. The van der Waals surface area contributed by atoms with Gasteiger partial charge in [0.05, 0.1) is 17.7 Å². The molecule has 0 aliphatic carbocycles. The number of rotatable bonds is 8. The molecule has 3 rings (SSSR count). The van der Waals surface area contributed by atoms with Gasteiger partial charge in [-0.2, -0.15) is 5.10 Å². The Balaban J connectivity index is 1.43. The van der Waals surface area contributed by atoms with E-state index >= 15 is 0 Å². The van der Waals surface area contributed by atoms with Crippen LogP contribution in [-0.4, -0.2) is 28.8 Å². The molecule has 3 aromatic rings. The molecule has 7 heteroatoms. The van der Waals surface area contributed by atoms with Gasteiger partial charge in [-0.3, -0.25) is 9.59 Å². The Bertz CT molecular complexity index is 1020. The lowest BCUT2D eigenvalue weighted by Gasteiger charge is -2.10. The summed E-state index contributed by atoms with van der Waals surface area (Å²) in [4.78, 5) is 24.6. The fraction of sp³-hybridized carbons (Fsp3) is 0.286. The van der Waals surface area contributed by atoms with Crippen molar-refractivity contribution >= 4 is 16.7 Å². The minimum atomic E-state index is -0.301. The van der Waals surface area contributed by atoms with Gasteiger partial charge in [0.15, 0.2) is 0 Å². The second-order valence-corrected chi connectivity index (χ2v) is 6.45. The van der Waals surface area contributed by atoms with Crippen molar-refractivity contribution in [1.82, 2.24) is 15.1 Å². The van der Waals surface area contributed by atoms with E-state index in [2.05, 4.69) is 10.4 Å². The standard InChI is InChI=1S/C21H22FN3O3/c1-15-18-6-2-3-7-19(18)21(27)25(24-15)14-20(26)23-12-4-5-13-28-17-10-8-16(22)9-11-17/h2-3,6-11H,4-5,12-14H2,1H3,(H,23,26). The van der Waals surface area contributed by atoms with Crippen LogP contribution in [0.3, 0.4) is 0 Å². The van der Waals surface area contributed by atoms with Gasteiger partial charge in [0.1, 0.15) is 18.1 Å². The lowest BCUT2D eigenvalue weighted by Crippen LogP contribution is -2.34. The quantitative estimate of drug-likeness (QED) is 0.607. The highest BCUT2D eigenvalue weighted by atomic mass is 19.1. The van der Waals surface area contributed by atoms with E-state index < -0.39 is 0 Å². The number of nitrogens with one attached hydrogen (secondary N) is 1. The van der Waals surface area contributed by atoms with Crippen LogP contribution in [0.15, 0.2) is 53.3 Å². The monoisotopic (exact) mass is 383 g/mol. The lowest BCUT2D eigenvalue weighted by atomic mass is 10.1. The molecule has 6 nitrogen and oxygen atoms in total. The summed E-state index contributed by atoms with van der Waals surface area (Å²) in [6.07, 6.45) is 1.47. The minimum Gasteiger partial charge on any atom is -0.494 e. The van der Waals surface area contributed by atoms with Gasteiger partial charge >= 0.3 is 0 Å². The van der Waals surface area contributed by atoms with Crippen molar-refractivity contribution in [3.63, 3.8) is 0 Å². The first-order valence-corrected chi connectivity index (χ1v) is 9.16. The normalized spacial score (nSPS) is 10.8. The maximum atomic E-state index is 12.8. The van der Waals surface area contributed by atoms with Gasteiger partial charge in [0.2, 0.25) is 5.91 Å². The largest absolute Gasteiger partial charge is 0.494 e. The molecule has 0 fully saturated rings. The second kappa shape index (κ2) is 9.12. The van der Waals surface area contributed by atoms with Crippen LogP contribution in [0, 0.1) is 12.7 Å². The summed E-state index contributed by atoms with van der Waals surface area (Å²) >= 11 is 0. The molecule has 1 heterocycles. The molecule has 0 bridgehead atoms. The van der Waals surface area contributed by atoms with Gasteiger partial charge in [-0.1, -0.05) is 18.2 Å². The molecule has 0 aliphatic heterocycles. The van der Waals surface area contributed by atoms with Crippen LogP contribution < -0.4 is 15.6 Å². The molecule has 1 N–H and O–H groups in total. The van der Waals surface area contributed by atoms with Gasteiger partial charge in [-0.05, 0) is 50.1 Å². The number of halogens is 1. The van der Waals surface area contributed by atoms with Crippen molar-refractivity contribution in [2.75, 3.05) is 13.2 Å². The zero-order chi connectivity index (χ0) is 19.9. The number of carbonyl (C=O) groups is 1. The van der Waals surface area contributed by atoms with Gasteiger partial charge in [0, 0.05) is 11.9 Å². The van der Waals surface area contributed by atoms with Crippen molar-refractivity contribution in [1.29, 1.82) is 0 Å². The molecule has 2 aromatic carbocycles. The predicted molar refractivity (Wildman–Crippen MR) is 105 cm³/mol. The number of aryl methyl sites for hydroxylation is 1. The highest BCUT2D eigenvalue weighted by molar-refractivity contribution is 5.83. The smallest absolute Gasteiger partial charge is 0.275 e. The molecular weight excluding hydrogens is 361 g/mol. The number of nitrogens with zero attached hydrogens (tertiary/aromatic N) is 2. The minimum absolute atomic E-state index is 0.114. The molecule has 0 aliphatic rings. The van der Waals surface area contributed by atoms with E-state index in [-0.39, 0.29) is 23.8 Å². The van der Waals surface area contributed by atoms with Crippen molar-refractivity contribution in [3.8, 4) is 5.75 Å². The molecule has 0 saturated carbocycles. The number of benzene rings is 2. The van der Waals surface area contributed by atoms with E-state index in [1.54, 1.807) is 24.3 Å². The van der Waals surface area contributed by atoms with Gasteiger partial charge in [-0.15, -0.1) is 0 Å². The molecule has 0 saturated heterocycles. The van der Waals surface area contributed by atoms with E-state index in [0.717, 1.165) is 18.2 Å². The van der Waals surface area contributed by atoms with E-state index in [9.17, 15) is 14.0 Å².